The molecule has 0 saturated heterocycles. The third-order valence-electron chi connectivity index (χ3n) is 2.42. The average Bonchev–Trinajstić information content (AvgIpc) is 2.14. The summed E-state index contributed by atoms with van der Waals surface area (Å²) in [6.45, 7) is 2.71. The van der Waals surface area contributed by atoms with Crippen molar-refractivity contribution in [2.75, 3.05) is 20.6 Å². The smallest absolute Gasteiger partial charge is 0.274 e. The number of hydrogen-bond donors (Lipinski definition) is 0. The SMILES string of the molecule is Cc1cc(Br)cc([N+](=O)[O-])c1CCN(C)C. The molecule has 1 rings (SSSR count). The minimum Gasteiger partial charge on any atom is -0.309 e. The third-order valence-corrected chi connectivity index (χ3v) is 2.88. The monoisotopic (exact) mass is 286 g/mol. The molecule has 1 aromatic carbocycles. The average molecular weight is 287 g/mol. The highest BCUT2D eigenvalue weighted by Gasteiger charge is 2.16. The van der Waals surface area contributed by atoms with Crippen LogP contribution in [0.1, 0.15) is 11.1 Å². The van der Waals surface area contributed by atoms with Crippen molar-refractivity contribution in [3.05, 3.63) is 37.8 Å². The van der Waals surface area contributed by atoms with E-state index in [1.165, 1.54) is 0 Å². The molecule has 0 heterocycles. The van der Waals surface area contributed by atoms with Gasteiger partial charge in [-0.05, 0) is 39.1 Å². The molecule has 0 aromatic heterocycles. The Bertz CT molecular complexity index is 405. The van der Waals surface area contributed by atoms with Crippen LogP contribution in [0.3, 0.4) is 0 Å². The quantitative estimate of drug-likeness (QED) is 0.632. The van der Waals surface area contributed by atoms with E-state index in [1.54, 1.807) is 6.07 Å². The molecule has 5 heteroatoms. The number of halogens is 1. The molecule has 1 aromatic rings. The second kappa shape index (κ2) is 5.41. The van der Waals surface area contributed by atoms with Crippen molar-refractivity contribution in [3.8, 4) is 0 Å². The van der Waals surface area contributed by atoms with Crippen LogP contribution in [0.25, 0.3) is 0 Å². The predicted octanol–water partition coefficient (Wildman–Crippen LogP) is 2.77. The lowest BCUT2D eigenvalue weighted by molar-refractivity contribution is -0.385. The second-order valence-corrected chi connectivity index (χ2v) is 4.95. The molecule has 0 radical (unpaired) electrons. The second-order valence-electron chi connectivity index (χ2n) is 4.03. The molecule has 0 N–H and O–H groups in total. The lowest BCUT2D eigenvalue weighted by Gasteiger charge is -2.11. The summed E-state index contributed by atoms with van der Waals surface area (Å²) in [5.74, 6) is 0. The Balaban J connectivity index is 3.09. The molecule has 0 bridgehead atoms. The lowest BCUT2D eigenvalue weighted by Crippen LogP contribution is -2.16. The molecular formula is C11H15BrN2O2. The van der Waals surface area contributed by atoms with Crippen LogP contribution in [0.5, 0.6) is 0 Å². The van der Waals surface area contributed by atoms with Gasteiger partial charge in [-0.2, -0.15) is 0 Å². The Morgan fingerprint density at radius 1 is 1.44 bits per heavy atom. The standard InChI is InChI=1S/C11H15BrN2O2/c1-8-6-9(12)7-11(14(15)16)10(8)4-5-13(2)3/h6-7H,4-5H2,1-3H3. The van der Waals surface area contributed by atoms with E-state index in [2.05, 4.69) is 15.9 Å². The van der Waals surface area contributed by atoms with E-state index in [0.29, 0.717) is 6.42 Å². The fourth-order valence-corrected chi connectivity index (χ4v) is 2.14. The molecule has 4 nitrogen and oxygen atoms in total. The summed E-state index contributed by atoms with van der Waals surface area (Å²) in [6.07, 6.45) is 0.697. The first kappa shape index (κ1) is 13.1. The van der Waals surface area contributed by atoms with E-state index in [0.717, 1.165) is 22.1 Å². The molecule has 0 aliphatic rings. The van der Waals surface area contributed by atoms with Gasteiger partial charge in [0.2, 0.25) is 0 Å². The first-order valence-electron chi connectivity index (χ1n) is 5.00. The van der Waals surface area contributed by atoms with Crippen LogP contribution < -0.4 is 0 Å². The lowest BCUT2D eigenvalue weighted by atomic mass is 10.0. The summed E-state index contributed by atoms with van der Waals surface area (Å²) in [5.41, 5.74) is 1.98. The number of rotatable bonds is 4. The van der Waals surface area contributed by atoms with Crippen LogP contribution in [0.2, 0.25) is 0 Å². The Morgan fingerprint density at radius 2 is 2.06 bits per heavy atom. The molecule has 0 spiro atoms. The van der Waals surface area contributed by atoms with Crippen LogP contribution in [0.4, 0.5) is 5.69 Å². The van der Waals surface area contributed by atoms with Crippen molar-refractivity contribution in [1.29, 1.82) is 0 Å². The predicted molar refractivity (Wildman–Crippen MR) is 67.8 cm³/mol. The molecule has 0 saturated carbocycles. The number of aryl methyl sites for hydroxylation is 1. The van der Waals surface area contributed by atoms with E-state index in [-0.39, 0.29) is 10.6 Å². The Labute approximate surface area is 104 Å². The van der Waals surface area contributed by atoms with E-state index in [1.807, 2.05) is 32.0 Å². The summed E-state index contributed by atoms with van der Waals surface area (Å²) in [4.78, 5) is 12.6. The zero-order valence-corrected chi connectivity index (χ0v) is 11.2. The van der Waals surface area contributed by atoms with E-state index in [4.69, 9.17) is 0 Å². The van der Waals surface area contributed by atoms with Gasteiger partial charge in [0.1, 0.15) is 0 Å². The topological polar surface area (TPSA) is 46.4 Å². The Morgan fingerprint density at radius 3 is 2.56 bits per heavy atom. The Hall–Kier alpha value is -0.940. The van der Waals surface area contributed by atoms with Gasteiger partial charge < -0.3 is 4.90 Å². The molecule has 0 aliphatic heterocycles. The third kappa shape index (κ3) is 3.28. The summed E-state index contributed by atoms with van der Waals surface area (Å²) < 4.78 is 0.755. The number of nitrogens with zero attached hydrogens (tertiary/aromatic N) is 2. The van der Waals surface area contributed by atoms with Crippen molar-refractivity contribution >= 4 is 21.6 Å². The molecule has 0 fully saturated rings. The first-order chi connectivity index (χ1) is 7.41. The highest BCUT2D eigenvalue weighted by atomic mass is 79.9. The fraction of sp³-hybridized carbons (Fsp3) is 0.455. The normalized spacial score (nSPS) is 10.8. The van der Waals surface area contributed by atoms with Crippen LogP contribution >= 0.6 is 15.9 Å². The van der Waals surface area contributed by atoms with Gasteiger partial charge in [0.05, 0.1) is 4.92 Å². The minimum absolute atomic E-state index is 0.203. The largest absolute Gasteiger partial charge is 0.309 e. The van der Waals surface area contributed by atoms with E-state index < -0.39 is 0 Å². The molecule has 0 atom stereocenters. The fourth-order valence-electron chi connectivity index (χ4n) is 1.58. The molecule has 0 amide bonds. The van der Waals surface area contributed by atoms with Gasteiger partial charge in [0.15, 0.2) is 0 Å². The van der Waals surface area contributed by atoms with Crippen molar-refractivity contribution in [2.45, 2.75) is 13.3 Å². The van der Waals surface area contributed by atoms with E-state index in [9.17, 15) is 10.1 Å². The molecule has 0 unspecified atom stereocenters. The van der Waals surface area contributed by atoms with Crippen molar-refractivity contribution < 1.29 is 4.92 Å². The zero-order chi connectivity index (χ0) is 12.3. The summed E-state index contributed by atoms with van der Waals surface area (Å²) in [6, 6.07) is 3.48. The number of nitro groups is 1. The number of likely N-dealkylation sites (N-methyl/N-ethyl adjacent to an activating group) is 1. The summed E-state index contributed by atoms with van der Waals surface area (Å²) in [5, 5.41) is 10.9. The number of hydrogen-bond acceptors (Lipinski definition) is 3. The molecule has 16 heavy (non-hydrogen) atoms. The van der Waals surface area contributed by atoms with Crippen LogP contribution in [0.15, 0.2) is 16.6 Å². The van der Waals surface area contributed by atoms with Crippen LogP contribution in [0, 0.1) is 17.0 Å². The first-order valence-corrected chi connectivity index (χ1v) is 5.79. The van der Waals surface area contributed by atoms with Crippen LogP contribution in [-0.2, 0) is 6.42 Å². The van der Waals surface area contributed by atoms with Gasteiger partial charge >= 0.3 is 0 Å². The maximum Gasteiger partial charge on any atom is 0.274 e. The maximum absolute atomic E-state index is 10.9. The number of nitro benzene ring substituents is 1. The maximum atomic E-state index is 10.9. The molecule has 88 valence electrons. The highest BCUT2D eigenvalue weighted by Crippen LogP contribution is 2.27. The van der Waals surface area contributed by atoms with Crippen LogP contribution in [-0.4, -0.2) is 30.5 Å². The van der Waals surface area contributed by atoms with Gasteiger partial charge in [-0.3, -0.25) is 10.1 Å². The molecular weight excluding hydrogens is 272 g/mol. The van der Waals surface area contributed by atoms with E-state index >= 15 is 0 Å². The number of benzene rings is 1. The van der Waals surface area contributed by atoms with Crippen molar-refractivity contribution in [2.24, 2.45) is 0 Å². The van der Waals surface area contributed by atoms with Gasteiger partial charge in [0.25, 0.3) is 5.69 Å². The van der Waals surface area contributed by atoms with Gasteiger partial charge in [-0.15, -0.1) is 0 Å². The highest BCUT2D eigenvalue weighted by molar-refractivity contribution is 9.10. The summed E-state index contributed by atoms with van der Waals surface area (Å²) in [7, 11) is 3.92. The zero-order valence-electron chi connectivity index (χ0n) is 9.66. The van der Waals surface area contributed by atoms with Gasteiger partial charge in [-0.1, -0.05) is 15.9 Å². The minimum atomic E-state index is -0.317. The van der Waals surface area contributed by atoms with Crippen molar-refractivity contribution in [3.63, 3.8) is 0 Å². The van der Waals surface area contributed by atoms with Gasteiger partial charge in [0, 0.05) is 22.6 Å². The Kier molecular flexibility index (Phi) is 4.44. The van der Waals surface area contributed by atoms with Gasteiger partial charge in [-0.25, -0.2) is 0 Å². The molecule has 0 aliphatic carbocycles. The summed E-state index contributed by atoms with van der Waals surface area (Å²) >= 11 is 3.28. The van der Waals surface area contributed by atoms with Crippen molar-refractivity contribution in [1.82, 2.24) is 4.90 Å².